The zero-order chi connectivity index (χ0) is 12.5. The molecule has 1 aliphatic rings. The summed E-state index contributed by atoms with van der Waals surface area (Å²) in [4.78, 5) is 2.40. The first-order valence-electron chi connectivity index (χ1n) is 5.99. The first-order valence-corrected chi connectivity index (χ1v) is 7.16. The SMILES string of the molecule is CCC1(C)CN(c2ccc(Br)c(Cl)c2)CCN1. The van der Waals surface area contributed by atoms with Crippen molar-refractivity contribution in [2.75, 3.05) is 24.5 Å². The van der Waals surface area contributed by atoms with Crippen LogP contribution in [0.25, 0.3) is 0 Å². The molecule has 2 rings (SSSR count). The Morgan fingerprint density at radius 1 is 1.53 bits per heavy atom. The van der Waals surface area contributed by atoms with Crippen molar-refractivity contribution in [3.63, 3.8) is 0 Å². The average Bonchev–Trinajstić information content (AvgIpc) is 2.33. The zero-order valence-electron chi connectivity index (χ0n) is 10.3. The molecule has 1 aliphatic heterocycles. The average molecular weight is 318 g/mol. The Morgan fingerprint density at radius 3 is 2.94 bits per heavy atom. The van der Waals surface area contributed by atoms with Gasteiger partial charge < -0.3 is 10.2 Å². The molecule has 2 nitrogen and oxygen atoms in total. The maximum atomic E-state index is 6.15. The van der Waals surface area contributed by atoms with E-state index in [1.165, 1.54) is 5.69 Å². The van der Waals surface area contributed by atoms with Crippen molar-refractivity contribution in [1.82, 2.24) is 5.32 Å². The monoisotopic (exact) mass is 316 g/mol. The summed E-state index contributed by atoms with van der Waals surface area (Å²) in [7, 11) is 0. The fourth-order valence-corrected chi connectivity index (χ4v) is 2.61. The molecule has 1 heterocycles. The lowest BCUT2D eigenvalue weighted by Gasteiger charge is -2.42. The summed E-state index contributed by atoms with van der Waals surface area (Å²) in [6.45, 7) is 7.59. The fraction of sp³-hybridized carbons (Fsp3) is 0.538. The highest BCUT2D eigenvalue weighted by molar-refractivity contribution is 9.10. The van der Waals surface area contributed by atoms with Gasteiger partial charge in [-0.2, -0.15) is 0 Å². The smallest absolute Gasteiger partial charge is 0.0568 e. The maximum absolute atomic E-state index is 6.15. The van der Waals surface area contributed by atoms with E-state index in [0.29, 0.717) is 0 Å². The number of nitrogens with zero attached hydrogens (tertiary/aromatic N) is 1. The molecule has 1 unspecified atom stereocenters. The largest absolute Gasteiger partial charge is 0.368 e. The summed E-state index contributed by atoms with van der Waals surface area (Å²) in [6.07, 6.45) is 1.13. The summed E-state index contributed by atoms with van der Waals surface area (Å²) in [5.74, 6) is 0. The lowest BCUT2D eigenvalue weighted by Crippen LogP contribution is -2.58. The normalized spacial score (nSPS) is 25.1. The van der Waals surface area contributed by atoms with Crippen LogP contribution in [0.5, 0.6) is 0 Å². The van der Waals surface area contributed by atoms with E-state index < -0.39 is 0 Å². The van der Waals surface area contributed by atoms with Gasteiger partial charge >= 0.3 is 0 Å². The lowest BCUT2D eigenvalue weighted by molar-refractivity contribution is 0.314. The number of benzene rings is 1. The topological polar surface area (TPSA) is 15.3 Å². The zero-order valence-corrected chi connectivity index (χ0v) is 12.6. The quantitative estimate of drug-likeness (QED) is 0.895. The summed E-state index contributed by atoms with van der Waals surface area (Å²) in [5, 5.41) is 4.36. The Kier molecular flexibility index (Phi) is 4.01. The molecule has 0 radical (unpaired) electrons. The third-order valence-corrected chi connectivity index (χ3v) is 4.75. The highest BCUT2D eigenvalue weighted by atomic mass is 79.9. The van der Waals surface area contributed by atoms with Crippen LogP contribution in [0.4, 0.5) is 5.69 Å². The van der Waals surface area contributed by atoms with Crippen molar-refractivity contribution in [3.05, 3.63) is 27.7 Å². The van der Waals surface area contributed by atoms with Crippen LogP contribution in [0.1, 0.15) is 20.3 Å². The third kappa shape index (κ3) is 2.95. The number of hydrogen-bond donors (Lipinski definition) is 1. The summed E-state index contributed by atoms with van der Waals surface area (Å²) < 4.78 is 0.955. The fourth-order valence-electron chi connectivity index (χ4n) is 2.19. The van der Waals surface area contributed by atoms with Gasteiger partial charge in [-0.05, 0) is 47.5 Å². The summed E-state index contributed by atoms with van der Waals surface area (Å²) in [5.41, 5.74) is 1.41. The predicted molar refractivity (Wildman–Crippen MR) is 78.1 cm³/mol. The minimum absolute atomic E-state index is 0.206. The Morgan fingerprint density at radius 2 is 2.29 bits per heavy atom. The van der Waals surface area contributed by atoms with Gasteiger partial charge in [-0.15, -0.1) is 0 Å². The van der Waals surface area contributed by atoms with E-state index in [1.54, 1.807) is 0 Å². The highest BCUT2D eigenvalue weighted by Crippen LogP contribution is 2.29. The highest BCUT2D eigenvalue weighted by Gasteiger charge is 2.28. The third-order valence-electron chi connectivity index (χ3n) is 3.52. The Labute approximate surface area is 116 Å². The first-order chi connectivity index (χ1) is 8.04. The van der Waals surface area contributed by atoms with Crippen LogP contribution in [0, 0.1) is 0 Å². The Bertz CT molecular complexity index is 410. The van der Waals surface area contributed by atoms with Gasteiger partial charge in [-0.25, -0.2) is 0 Å². The summed E-state index contributed by atoms with van der Waals surface area (Å²) >= 11 is 9.58. The Hall–Kier alpha value is -0.250. The van der Waals surface area contributed by atoms with Crippen LogP contribution < -0.4 is 10.2 Å². The molecule has 1 atom stereocenters. The number of rotatable bonds is 2. The number of nitrogens with one attached hydrogen (secondary N) is 1. The molecule has 4 heteroatoms. The first kappa shape index (κ1) is 13.2. The number of piperazine rings is 1. The molecule has 0 saturated carbocycles. The van der Waals surface area contributed by atoms with Crippen molar-refractivity contribution in [2.24, 2.45) is 0 Å². The van der Waals surface area contributed by atoms with E-state index in [0.717, 1.165) is 35.6 Å². The number of hydrogen-bond acceptors (Lipinski definition) is 2. The van der Waals surface area contributed by atoms with Crippen molar-refractivity contribution < 1.29 is 0 Å². The molecule has 1 N–H and O–H groups in total. The van der Waals surface area contributed by atoms with E-state index >= 15 is 0 Å². The van der Waals surface area contributed by atoms with Crippen LogP contribution >= 0.6 is 27.5 Å². The molecular weight excluding hydrogens is 300 g/mol. The molecule has 0 aliphatic carbocycles. The second-order valence-electron chi connectivity index (χ2n) is 4.86. The molecule has 0 amide bonds. The molecule has 1 fully saturated rings. The van der Waals surface area contributed by atoms with Crippen LogP contribution in [0.3, 0.4) is 0 Å². The molecular formula is C13H18BrClN2. The van der Waals surface area contributed by atoms with Gasteiger partial charge in [0.05, 0.1) is 5.02 Å². The molecule has 17 heavy (non-hydrogen) atoms. The minimum Gasteiger partial charge on any atom is -0.368 e. The predicted octanol–water partition coefficient (Wildman–Crippen LogP) is 3.68. The van der Waals surface area contributed by atoms with Crippen LogP contribution in [0.15, 0.2) is 22.7 Å². The molecule has 0 spiro atoms. The molecule has 0 aromatic heterocycles. The van der Waals surface area contributed by atoms with Crippen LogP contribution in [-0.4, -0.2) is 25.2 Å². The molecule has 0 bridgehead atoms. The minimum atomic E-state index is 0.206. The lowest BCUT2D eigenvalue weighted by atomic mass is 9.95. The van der Waals surface area contributed by atoms with E-state index in [2.05, 4.69) is 46.1 Å². The van der Waals surface area contributed by atoms with Gasteiger partial charge in [0.15, 0.2) is 0 Å². The standard InChI is InChI=1S/C13H18BrClN2/c1-3-13(2)9-17(7-6-16-13)10-4-5-11(14)12(15)8-10/h4-5,8,16H,3,6-7,9H2,1-2H3. The van der Waals surface area contributed by atoms with Gasteiger partial charge in [0.2, 0.25) is 0 Å². The molecule has 1 saturated heterocycles. The van der Waals surface area contributed by atoms with Crippen molar-refractivity contribution in [1.29, 1.82) is 0 Å². The van der Waals surface area contributed by atoms with E-state index in [1.807, 2.05) is 12.1 Å². The molecule has 94 valence electrons. The second kappa shape index (κ2) is 5.17. The van der Waals surface area contributed by atoms with Gasteiger partial charge in [0.25, 0.3) is 0 Å². The van der Waals surface area contributed by atoms with Crippen LogP contribution in [-0.2, 0) is 0 Å². The molecule has 1 aromatic carbocycles. The molecule has 1 aromatic rings. The van der Waals surface area contributed by atoms with E-state index in [9.17, 15) is 0 Å². The number of anilines is 1. The number of halogens is 2. The Balaban J connectivity index is 2.19. The van der Waals surface area contributed by atoms with Crippen molar-refractivity contribution >= 4 is 33.2 Å². The van der Waals surface area contributed by atoms with Gasteiger partial charge in [0.1, 0.15) is 0 Å². The summed E-state index contributed by atoms with van der Waals surface area (Å²) in [6, 6.07) is 6.17. The second-order valence-corrected chi connectivity index (χ2v) is 6.12. The van der Waals surface area contributed by atoms with E-state index in [-0.39, 0.29) is 5.54 Å². The van der Waals surface area contributed by atoms with Gasteiger partial charge in [-0.3, -0.25) is 0 Å². The van der Waals surface area contributed by atoms with E-state index in [4.69, 9.17) is 11.6 Å². The maximum Gasteiger partial charge on any atom is 0.0568 e. The van der Waals surface area contributed by atoms with Crippen LogP contribution in [0.2, 0.25) is 5.02 Å². The van der Waals surface area contributed by atoms with Crippen molar-refractivity contribution in [3.8, 4) is 0 Å². The van der Waals surface area contributed by atoms with Gasteiger partial charge in [0, 0.05) is 35.3 Å². The van der Waals surface area contributed by atoms with Gasteiger partial charge in [-0.1, -0.05) is 18.5 Å². The van der Waals surface area contributed by atoms with Crippen molar-refractivity contribution in [2.45, 2.75) is 25.8 Å².